The Morgan fingerprint density at radius 1 is 1.22 bits per heavy atom. The van der Waals surface area contributed by atoms with Gasteiger partial charge in [0.05, 0.1) is 13.0 Å². The largest absolute Gasteiger partial charge is 0.494 e. The van der Waals surface area contributed by atoms with Gasteiger partial charge in [0, 0.05) is 6.54 Å². The number of carbonyl (C=O) groups is 1. The molecule has 4 nitrogen and oxygen atoms in total. The standard InChI is InChI=1S/C14H21NO3/c1-11-8-12(2)10-13(9-11)18-7-3-5-15-6-4-14(16)17/h8-10,15H,3-7H2,1-2H3,(H,16,17). The van der Waals surface area contributed by atoms with E-state index in [4.69, 9.17) is 9.84 Å². The fourth-order valence-corrected chi connectivity index (χ4v) is 1.72. The minimum Gasteiger partial charge on any atom is -0.494 e. The maximum Gasteiger partial charge on any atom is 0.304 e. The number of carboxylic acid groups (broad SMARTS) is 1. The molecule has 0 aromatic heterocycles. The molecule has 0 aliphatic carbocycles. The van der Waals surface area contributed by atoms with E-state index in [9.17, 15) is 4.79 Å². The Balaban J connectivity index is 2.12. The van der Waals surface area contributed by atoms with Crippen LogP contribution in [-0.2, 0) is 4.79 Å². The van der Waals surface area contributed by atoms with Crippen molar-refractivity contribution in [2.24, 2.45) is 0 Å². The van der Waals surface area contributed by atoms with Gasteiger partial charge < -0.3 is 15.2 Å². The van der Waals surface area contributed by atoms with Crippen LogP contribution in [0.4, 0.5) is 0 Å². The first-order chi connectivity index (χ1) is 8.58. The SMILES string of the molecule is Cc1cc(C)cc(OCCCNCCC(=O)O)c1. The number of aryl methyl sites for hydroxylation is 2. The quantitative estimate of drug-likeness (QED) is 0.695. The number of nitrogens with one attached hydrogen (secondary N) is 1. The van der Waals surface area contributed by atoms with Gasteiger partial charge in [0.1, 0.15) is 5.75 Å². The van der Waals surface area contributed by atoms with Crippen LogP contribution in [0.15, 0.2) is 18.2 Å². The molecule has 1 aromatic rings. The predicted octanol–water partition coefficient (Wildman–Crippen LogP) is 2.14. The van der Waals surface area contributed by atoms with Crippen molar-refractivity contribution >= 4 is 5.97 Å². The number of aliphatic carboxylic acids is 1. The van der Waals surface area contributed by atoms with E-state index >= 15 is 0 Å². The Morgan fingerprint density at radius 3 is 2.50 bits per heavy atom. The molecule has 1 aromatic carbocycles. The maximum atomic E-state index is 10.3. The van der Waals surface area contributed by atoms with E-state index in [1.807, 2.05) is 26.0 Å². The summed E-state index contributed by atoms with van der Waals surface area (Å²) < 4.78 is 5.64. The van der Waals surface area contributed by atoms with Crippen molar-refractivity contribution < 1.29 is 14.6 Å². The Morgan fingerprint density at radius 2 is 1.89 bits per heavy atom. The summed E-state index contributed by atoms with van der Waals surface area (Å²) in [5, 5.41) is 11.5. The van der Waals surface area contributed by atoms with Crippen LogP contribution in [0.5, 0.6) is 5.75 Å². The fraction of sp³-hybridized carbons (Fsp3) is 0.500. The van der Waals surface area contributed by atoms with E-state index < -0.39 is 5.97 Å². The molecule has 0 heterocycles. The summed E-state index contributed by atoms with van der Waals surface area (Å²) in [6.07, 6.45) is 1.03. The molecular formula is C14H21NO3. The molecule has 0 unspecified atom stereocenters. The number of hydrogen-bond acceptors (Lipinski definition) is 3. The number of carboxylic acids is 1. The molecule has 0 bridgehead atoms. The van der Waals surface area contributed by atoms with Crippen molar-refractivity contribution in [1.82, 2.24) is 5.32 Å². The second kappa shape index (κ2) is 7.71. The van der Waals surface area contributed by atoms with E-state index in [-0.39, 0.29) is 6.42 Å². The van der Waals surface area contributed by atoms with Crippen LogP contribution in [-0.4, -0.2) is 30.8 Å². The Hall–Kier alpha value is -1.55. The summed E-state index contributed by atoms with van der Waals surface area (Å²) in [4.78, 5) is 10.3. The number of benzene rings is 1. The molecule has 0 spiro atoms. The third-order valence-electron chi connectivity index (χ3n) is 2.48. The van der Waals surface area contributed by atoms with Crippen molar-refractivity contribution in [3.63, 3.8) is 0 Å². The molecule has 4 heteroatoms. The molecule has 0 fully saturated rings. The van der Waals surface area contributed by atoms with Crippen LogP contribution in [0.3, 0.4) is 0 Å². The second-order valence-corrected chi connectivity index (χ2v) is 4.42. The fourth-order valence-electron chi connectivity index (χ4n) is 1.72. The van der Waals surface area contributed by atoms with E-state index in [0.717, 1.165) is 18.7 Å². The molecule has 0 radical (unpaired) electrons. The van der Waals surface area contributed by atoms with Gasteiger partial charge in [0.25, 0.3) is 0 Å². The van der Waals surface area contributed by atoms with Crippen molar-refractivity contribution in [1.29, 1.82) is 0 Å². The molecule has 100 valence electrons. The number of hydrogen-bond donors (Lipinski definition) is 2. The summed E-state index contributed by atoms with van der Waals surface area (Å²) in [6.45, 7) is 6.03. The normalized spacial score (nSPS) is 10.3. The molecule has 0 aliphatic heterocycles. The molecule has 1 rings (SSSR count). The van der Waals surface area contributed by atoms with E-state index in [0.29, 0.717) is 13.2 Å². The van der Waals surface area contributed by atoms with Crippen LogP contribution < -0.4 is 10.1 Å². The highest BCUT2D eigenvalue weighted by atomic mass is 16.5. The molecule has 0 atom stereocenters. The van der Waals surface area contributed by atoms with Crippen LogP contribution >= 0.6 is 0 Å². The highest BCUT2D eigenvalue weighted by molar-refractivity contribution is 5.66. The highest BCUT2D eigenvalue weighted by Gasteiger charge is 1.98. The summed E-state index contributed by atoms with van der Waals surface area (Å²) in [5.41, 5.74) is 2.40. The minimum atomic E-state index is -0.769. The average molecular weight is 251 g/mol. The molecule has 0 saturated carbocycles. The average Bonchev–Trinajstić information content (AvgIpc) is 2.26. The van der Waals surface area contributed by atoms with Gasteiger partial charge in [-0.1, -0.05) is 6.07 Å². The Labute approximate surface area is 108 Å². The molecular weight excluding hydrogens is 230 g/mol. The monoisotopic (exact) mass is 251 g/mol. The second-order valence-electron chi connectivity index (χ2n) is 4.42. The zero-order valence-corrected chi connectivity index (χ0v) is 11.0. The van der Waals surface area contributed by atoms with E-state index in [2.05, 4.69) is 11.4 Å². The van der Waals surface area contributed by atoms with Gasteiger partial charge in [-0.15, -0.1) is 0 Å². The lowest BCUT2D eigenvalue weighted by atomic mass is 10.1. The number of rotatable bonds is 8. The third kappa shape index (κ3) is 6.25. The zero-order valence-electron chi connectivity index (χ0n) is 11.0. The minimum absolute atomic E-state index is 0.165. The van der Waals surface area contributed by atoms with Gasteiger partial charge in [0.15, 0.2) is 0 Å². The smallest absolute Gasteiger partial charge is 0.304 e. The first-order valence-electron chi connectivity index (χ1n) is 6.21. The molecule has 2 N–H and O–H groups in total. The van der Waals surface area contributed by atoms with Gasteiger partial charge >= 0.3 is 5.97 Å². The lowest BCUT2D eigenvalue weighted by Crippen LogP contribution is -2.20. The van der Waals surface area contributed by atoms with E-state index in [1.165, 1.54) is 11.1 Å². The maximum absolute atomic E-state index is 10.3. The molecule has 0 aliphatic rings. The summed E-state index contributed by atoms with van der Waals surface area (Å²) in [5.74, 6) is 0.132. The number of ether oxygens (including phenoxy) is 1. The van der Waals surface area contributed by atoms with Crippen LogP contribution in [0.2, 0.25) is 0 Å². The highest BCUT2D eigenvalue weighted by Crippen LogP contribution is 2.16. The first-order valence-corrected chi connectivity index (χ1v) is 6.21. The first kappa shape index (κ1) is 14.5. The molecule has 0 amide bonds. The van der Waals surface area contributed by atoms with Crippen molar-refractivity contribution in [2.45, 2.75) is 26.7 Å². The van der Waals surface area contributed by atoms with Gasteiger partial charge in [-0.05, 0) is 50.1 Å². The van der Waals surface area contributed by atoms with Crippen molar-refractivity contribution in [3.05, 3.63) is 29.3 Å². The van der Waals surface area contributed by atoms with Crippen molar-refractivity contribution in [3.8, 4) is 5.75 Å². The van der Waals surface area contributed by atoms with Crippen LogP contribution in [0, 0.1) is 13.8 Å². The Kier molecular flexibility index (Phi) is 6.22. The van der Waals surface area contributed by atoms with Crippen LogP contribution in [0.1, 0.15) is 24.0 Å². The van der Waals surface area contributed by atoms with E-state index in [1.54, 1.807) is 0 Å². The summed E-state index contributed by atoms with van der Waals surface area (Å²) in [7, 11) is 0. The van der Waals surface area contributed by atoms with Gasteiger partial charge in [-0.25, -0.2) is 0 Å². The summed E-state index contributed by atoms with van der Waals surface area (Å²) >= 11 is 0. The van der Waals surface area contributed by atoms with Crippen LogP contribution in [0.25, 0.3) is 0 Å². The van der Waals surface area contributed by atoms with Gasteiger partial charge in [-0.3, -0.25) is 4.79 Å². The lowest BCUT2D eigenvalue weighted by Gasteiger charge is -2.08. The van der Waals surface area contributed by atoms with Crippen molar-refractivity contribution in [2.75, 3.05) is 19.7 Å². The third-order valence-corrected chi connectivity index (χ3v) is 2.48. The molecule has 18 heavy (non-hydrogen) atoms. The molecule has 0 saturated heterocycles. The van der Waals surface area contributed by atoms with Gasteiger partial charge in [0.2, 0.25) is 0 Å². The topological polar surface area (TPSA) is 58.6 Å². The Bertz CT molecular complexity index is 370. The summed E-state index contributed by atoms with van der Waals surface area (Å²) in [6, 6.07) is 6.15. The zero-order chi connectivity index (χ0) is 13.4. The lowest BCUT2D eigenvalue weighted by molar-refractivity contribution is -0.136. The van der Waals surface area contributed by atoms with Gasteiger partial charge in [-0.2, -0.15) is 0 Å². The predicted molar refractivity (Wildman–Crippen MR) is 71.2 cm³/mol.